The lowest BCUT2D eigenvalue weighted by Crippen LogP contribution is -2.59. The summed E-state index contributed by atoms with van der Waals surface area (Å²) in [4.78, 5) is 0. The second-order valence-corrected chi connectivity index (χ2v) is 5.36. The molecule has 2 aliphatic carbocycles. The minimum atomic E-state index is 0.806. The van der Waals surface area contributed by atoms with Crippen molar-refractivity contribution in [2.75, 3.05) is 0 Å². The van der Waals surface area contributed by atoms with Crippen LogP contribution < -0.4 is 0 Å². The van der Waals surface area contributed by atoms with E-state index in [-0.39, 0.29) is 0 Å². The highest BCUT2D eigenvalue weighted by atomic mass is 14.6. The molecule has 2 fully saturated rings. The van der Waals surface area contributed by atoms with Crippen LogP contribution in [0.15, 0.2) is 0 Å². The molecule has 70 valence electrons. The van der Waals surface area contributed by atoms with Gasteiger partial charge < -0.3 is 0 Å². The molecule has 0 nitrogen and oxygen atoms in total. The Hall–Kier alpha value is 0. The molecule has 5 atom stereocenters. The second-order valence-electron chi connectivity index (χ2n) is 5.36. The van der Waals surface area contributed by atoms with E-state index in [1.807, 2.05) is 0 Å². The van der Waals surface area contributed by atoms with E-state index in [0.29, 0.717) is 0 Å². The van der Waals surface area contributed by atoms with Crippen molar-refractivity contribution < 1.29 is 0 Å². The Morgan fingerprint density at radius 3 is 2.08 bits per heavy atom. The summed E-state index contributed by atoms with van der Waals surface area (Å²) in [5.74, 6) is 4.09. The number of hydrogen-bond donors (Lipinski definition) is 0. The monoisotopic (exact) mass is 166 g/mol. The SMILES string of the molecule is CCC1CC2(CC(C)C2C)C1C. The zero-order chi connectivity index (χ0) is 8.93. The third-order valence-corrected chi connectivity index (χ3v) is 5.24. The Balaban J connectivity index is 2.00. The highest BCUT2D eigenvalue weighted by molar-refractivity contribution is 5.09. The molecule has 0 heteroatoms. The first-order valence-corrected chi connectivity index (χ1v) is 5.62. The van der Waals surface area contributed by atoms with Gasteiger partial charge in [-0.1, -0.05) is 34.1 Å². The van der Waals surface area contributed by atoms with Gasteiger partial charge in [-0.05, 0) is 41.9 Å². The maximum Gasteiger partial charge on any atom is -0.0236 e. The van der Waals surface area contributed by atoms with Crippen LogP contribution in [-0.4, -0.2) is 0 Å². The zero-order valence-electron chi connectivity index (χ0n) is 8.93. The van der Waals surface area contributed by atoms with Gasteiger partial charge in [0.05, 0.1) is 0 Å². The van der Waals surface area contributed by atoms with Crippen molar-refractivity contribution in [1.82, 2.24) is 0 Å². The van der Waals surface area contributed by atoms with E-state index < -0.39 is 0 Å². The normalized spacial score (nSPS) is 58.0. The van der Waals surface area contributed by atoms with Crippen LogP contribution in [0.2, 0.25) is 0 Å². The van der Waals surface area contributed by atoms with Gasteiger partial charge in [0.15, 0.2) is 0 Å². The largest absolute Gasteiger partial charge is 0.0651 e. The summed E-state index contributed by atoms with van der Waals surface area (Å²) in [6.45, 7) is 9.72. The smallest absolute Gasteiger partial charge is 0.0236 e. The second kappa shape index (κ2) is 2.49. The molecule has 12 heavy (non-hydrogen) atoms. The number of hydrogen-bond acceptors (Lipinski definition) is 0. The van der Waals surface area contributed by atoms with Crippen molar-refractivity contribution in [3.63, 3.8) is 0 Å². The van der Waals surface area contributed by atoms with Gasteiger partial charge >= 0.3 is 0 Å². The maximum atomic E-state index is 2.49. The van der Waals surface area contributed by atoms with Gasteiger partial charge in [-0.25, -0.2) is 0 Å². The Morgan fingerprint density at radius 1 is 1.08 bits per heavy atom. The molecular weight excluding hydrogens is 144 g/mol. The molecule has 0 bridgehead atoms. The molecule has 5 unspecified atom stereocenters. The average Bonchev–Trinajstić information content (AvgIpc) is 2.09. The van der Waals surface area contributed by atoms with E-state index in [9.17, 15) is 0 Å². The van der Waals surface area contributed by atoms with Crippen molar-refractivity contribution in [2.24, 2.45) is 29.1 Å². The van der Waals surface area contributed by atoms with E-state index in [1.165, 1.54) is 19.3 Å². The van der Waals surface area contributed by atoms with Crippen molar-refractivity contribution in [1.29, 1.82) is 0 Å². The molecule has 0 aromatic heterocycles. The standard InChI is InChI=1S/C12H22/c1-5-11-7-12(10(11)4)6-8(2)9(12)3/h8-11H,5-7H2,1-4H3. The van der Waals surface area contributed by atoms with Crippen LogP contribution in [0.4, 0.5) is 0 Å². The predicted octanol–water partition coefficient (Wildman–Crippen LogP) is 3.71. The quantitative estimate of drug-likeness (QED) is 0.557. The zero-order valence-corrected chi connectivity index (χ0v) is 8.93. The van der Waals surface area contributed by atoms with Crippen LogP contribution >= 0.6 is 0 Å². The van der Waals surface area contributed by atoms with Gasteiger partial charge in [-0.2, -0.15) is 0 Å². The van der Waals surface area contributed by atoms with Crippen LogP contribution in [-0.2, 0) is 0 Å². The minimum Gasteiger partial charge on any atom is -0.0651 e. The fraction of sp³-hybridized carbons (Fsp3) is 1.00. The fourth-order valence-corrected chi connectivity index (χ4v) is 3.90. The topological polar surface area (TPSA) is 0 Å². The Labute approximate surface area is 76.7 Å². The molecule has 0 aromatic rings. The van der Waals surface area contributed by atoms with Crippen molar-refractivity contribution in [3.05, 3.63) is 0 Å². The highest BCUT2D eigenvalue weighted by Crippen LogP contribution is 2.68. The molecule has 0 saturated heterocycles. The van der Waals surface area contributed by atoms with E-state index in [4.69, 9.17) is 0 Å². The molecule has 0 amide bonds. The van der Waals surface area contributed by atoms with Crippen LogP contribution in [0.3, 0.4) is 0 Å². The van der Waals surface area contributed by atoms with Crippen LogP contribution in [0.5, 0.6) is 0 Å². The average molecular weight is 166 g/mol. The molecule has 0 aliphatic heterocycles. The molecular formula is C12H22. The van der Waals surface area contributed by atoms with Gasteiger partial charge in [-0.3, -0.25) is 0 Å². The molecule has 2 aliphatic rings. The van der Waals surface area contributed by atoms with E-state index in [0.717, 1.165) is 29.1 Å². The summed E-state index contributed by atoms with van der Waals surface area (Å²) in [6, 6.07) is 0. The molecule has 1 spiro atoms. The van der Waals surface area contributed by atoms with E-state index in [1.54, 1.807) is 0 Å². The van der Waals surface area contributed by atoms with Gasteiger partial charge in [0.1, 0.15) is 0 Å². The maximum absolute atomic E-state index is 2.49. The third kappa shape index (κ3) is 0.791. The fourth-order valence-electron chi connectivity index (χ4n) is 3.90. The van der Waals surface area contributed by atoms with Crippen molar-refractivity contribution >= 4 is 0 Å². The van der Waals surface area contributed by atoms with Crippen LogP contribution in [0, 0.1) is 29.1 Å². The summed E-state index contributed by atoms with van der Waals surface area (Å²) >= 11 is 0. The lowest BCUT2D eigenvalue weighted by Gasteiger charge is -2.66. The predicted molar refractivity (Wildman–Crippen MR) is 52.9 cm³/mol. The summed E-state index contributed by atoms with van der Waals surface area (Å²) in [7, 11) is 0. The third-order valence-electron chi connectivity index (χ3n) is 5.24. The number of rotatable bonds is 1. The van der Waals surface area contributed by atoms with E-state index >= 15 is 0 Å². The first kappa shape index (κ1) is 8.59. The minimum absolute atomic E-state index is 0.806. The van der Waals surface area contributed by atoms with Gasteiger partial charge in [-0.15, -0.1) is 0 Å². The van der Waals surface area contributed by atoms with Crippen LogP contribution in [0.25, 0.3) is 0 Å². The lowest BCUT2D eigenvalue weighted by molar-refractivity contribution is -0.176. The first-order valence-electron chi connectivity index (χ1n) is 5.62. The lowest BCUT2D eigenvalue weighted by atomic mass is 9.38. The molecule has 0 aromatic carbocycles. The molecule has 0 heterocycles. The summed E-state index contributed by atoms with van der Waals surface area (Å²) in [5, 5.41) is 0. The molecule has 2 saturated carbocycles. The van der Waals surface area contributed by atoms with Crippen LogP contribution in [0.1, 0.15) is 47.0 Å². The molecule has 2 rings (SSSR count). The van der Waals surface area contributed by atoms with Gasteiger partial charge in [0, 0.05) is 0 Å². The summed E-state index contributed by atoms with van der Waals surface area (Å²) < 4.78 is 0. The van der Waals surface area contributed by atoms with Gasteiger partial charge in [0.2, 0.25) is 0 Å². The van der Waals surface area contributed by atoms with Crippen molar-refractivity contribution in [2.45, 2.75) is 47.0 Å². The van der Waals surface area contributed by atoms with Crippen molar-refractivity contribution in [3.8, 4) is 0 Å². The highest BCUT2D eigenvalue weighted by Gasteiger charge is 2.60. The summed E-state index contributed by atoms with van der Waals surface area (Å²) in [6.07, 6.45) is 4.46. The summed E-state index contributed by atoms with van der Waals surface area (Å²) in [5.41, 5.74) is 0.806. The van der Waals surface area contributed by atoms with E-state index in [2.05, 4.69) is 27.7 Å². The Kier molecular flexibility index (Phi) is 1.79. The Bertz CT molecular complexity index is 184. The first-order chi connectivity index (χ1) is 5.62. The Morgan fingerprint density at radius 2 is 1.75 bits per heavy atom. The molecule has 0 N–H and O–H groups in total. The van der Waals surface area contributed by atoms with Gasteiger partial charge in [0.25, 0.3) is 0 Å². The molecule has 0 radical (unpaired) electrons.